The fourth-order valence-corrected chi connectivity index (χ4v) is 2.86. The van der Waals surface area contributed by atoms with E-state index in [1.165, 1.54) is 19.3 Å². The average Bonchev–Trinajstić information content (AvgIpc) is 2.43. The third-order valence-corrected chi connectivity index (χ3v) is 4.01. The van der Waals surface area contributed by atoms with E-state index in [0.717, 1.165) is 13.0 Å². The Morgan fingerprint density at radius 2 is 2.05 bits per heavy atom. The van der Waals surface area contributed by atoms with E-state index in [0.29, 0.717) is 24.6 Å². The Morgan fingerprint density at radius 3 is 2.64 bits per heavy atom. The Balaban J connectivity index is 2.27. The van der Waals surface area contributed by atoms with Crippen LogP contribution in [0, 0.1) is 5.92 Å². The fraction of sp³-hybridized carbons (Fsp3) is 0.941. The van der Waals surface area contributed by atoms with E-state index in [1.807, 2.05) is 20.8 Å². The molecule has 0 aromatic rings. The lowest BCUT2D eigenvalue weighted by atomic mass is 9.92. The van der Waals surface area contributed by atoms with E-state index in [-0.39, 0.29) is 6.09 Å². The van der Waals surface area contributed by atoms with Crippen LogP contribution in [0.4, 0.5) is 4.79 Å². The number of carbonyl (C=O) groups is 1. The molecule has 1 saturated carbocycles. The van der Waals surface area contributed by atoms with Crippen molar-refractivity contribution in [2.45, 2.75) is 71.1 Å². The first-order chi connectivity index (χ1) is 10.2. The van der Waals surface area contributed by atoms with Gasteiger partial charge < -0.3 is 19.7 Å². The van der Waals surface area contributed by atoms with Crippen LogP contribution >= 0.6 is 0 Å². The van der Waals surface area contributed by atoms with Crippen molar-refractivity contribution in [3.8, 4) is 0 Å². The van der Waals surface area contributed by atoms with Gasteiger partial charge >= 0.3 is 6.09 Å². The number of nitrogens with one attached hydrogen (secondary N) is 1. The predicted octanol–water partition coefficient (Wildman–Crippen LogP) is 3.04. The summed E-state index contributed by atoms with van der Waals surface area (Å²) >= 11 is 0. The zero-order chi connectivity index (χ0) is 16.8. The Hall–Kier alpha value is -0.810. The van der Waals surface area contributed by atoms with Gasteiger partial charge in [0.2, 0.25) is 0 Å². The molecule has 1 N–H and O–H groups in total. The molecule has 3 atom stereocenters. The first-order valence-corrected chi connectivity index (χ1v) is 8.41. The van der Waals surface area contributed by atoms with E-state index < -0.39 is 5.60 Å². The lowest BCUT2D eigenvalue weighted by Gasteiger charge is -2.31. The normalized spacial score (nSPS) is 23.9. The Labute approximate surface area is 135 Å². The summed E-state index contributed by atoms with van der Waals surface area (Å²) in [5, 5.41) is 3.62. The molecule has 5 nitrogen and oxygen atoms in total. The van der Waals surface area contributed by atoms with Gasteiger partial charge in [0, 0.05) is 26.7 Å². The number of ether oxygens (including phenoxy) is 2. The van der Waals surface area contributed by atoms with Gasteiger partial charge in [-0.15, -0.1) is 0 Å². The van der Waals surface area contributed by atoms with Crippen LogP contribution in [0.2, 0.25) is 0 Å². The van der Waals surface area contributed by atoms with Gasteiger partial charge in [-0.25, -0.2) is 4.79 Å². The molecule has 22 heavy (non-hydrogen) atoms. The second-order valence-corrected chi connectivity index (χ2v) is 7.60. The van der Waals surface area contributed by atoms with Crippen LogP contribution in [0.25, 0.3) is 0 Å². The number of hydrogen-bond acceptors (Lipinski definition) is 4. The zero-order valence-electron chi connectivity index (χ0n) is 15.1. The van der Waals surface area contributed by atoms with Crippen LogP contribution in [0.5, 0.6) is 0 Å². The van der Waals surface area contributed by atoms with Crippen molar-refractivity contribution in [3.63, 3.8) is 0 Å². The van der Waals surface area contributed by atoms with Crippen molar-refractivity contribution in [1.82, 2.24) is 10.2 Å². The third kappa shape index (κ3) is 7.45. The highest BCUT2D eigenvalue weighted by molar-refractivity contribution is 5.67. The maximum atomic E-state index is 11.9. The van der Waals surface area contributed by atoms with E-state index in [9.17, 15) is 4.79 Å². The van der Waals surface area contributed by atoms with Gasteiger partial charge in [0.15, 0.2) is 0 Å². The number of hydrogen-bond donors (Lipinski definition) is 1. The molecule has 0 aromatic carbocycles. The molecule has 0 bridgehead atoms. The fourth-order valence-electron chi connectivity index (χ4n) is 2.86. The van der Waals surface area contributed by atoms with Crippen LogP contribution in [-0.2, 0) is 9.47 Å². The summed E-state index contributed by atoms with van der Waals surface area (Å²) in [6.07, 6.45) is 4.84. The first-order valence-electron chi connectivity index (χ1n) is 8.41. The number of carbonyl (C=O) groups excluding carboxylic acids is 1. The molecule has 1 aliphatic carbocycles. The summed E-state index contributed by atoms with van der Waals surface area (Å²) in [5.74, 6) is 0.389. The lowest BCUT2D eigenvalue weighted by molar-refractivity contribution is 0.0274. The number of methoxy groups -OCH3 is 1. The van der Waals surface area contributed by atoms with Crippen LogP contribution in [0.15, 0.2) is 0 Å². The van der Waals surface area contributed by atoms with E-state index >= 15 is 0 Å². The summed E-state index contributed by atoms with van der Waals surface area (Å²) in [7, 11) is 3.59. The molecule has 0 spiro atoms. The van der Waals surface area contributed by atoms with Crippen LogP contribution in [0.1, 0.15) is 53.4 Å². The topological polar surface area (TPSA) is 50.8 Å². The highest BCUT2D eigenvalue weighted by atomic mass is 16.6. The summed E-state index contributed by atoms with van der Waals surface area (Å²) in [4.78, 5) is 13.6. The molecule has 0 heterocycles. The molecule has 1 amide bonds. The summed E-state index contributed by atoms with van der Waals surface area (Å²) < 4.78 is 10.8. The van der Waals surface area contributed by atoms with Gasteiger partial charge in [-0.2, -0.15) is 0 Å². The highest BCUT2D eigenvalue weighted by Gasteiger charge is 2.23. The molecule has 5 heteroatoms. The number of amides is 1. The van der Waals surface area contributed by atoms with Crippen molar-refractivity contribution in [1.29, 1.82) is 0 Å². The van der Waals surface area contributed by atoms with Gasteiger partial charge in [-0.3, -0.25) is 0 Å². The highest BCUT2D eigenvalue weighted by Crippen LogP contribution is 2.20. The summed E-state index contributed by atoms with van der Waals surface area (Å²) in [6.45, 7) is 9.43. The maximum Gasteiger partial charge on any atom is 0.410 e. The predicted molar refractivity (Wildman–Crippen MR) is 89.1 cm³/mol. The molecular formula is C17H34N2O3. The minimum atomic E-state index is -0.440. The van der Waals surface area contributed by atoms with Gasteiger partial charge in [0.1, 0.15) is 5.60 Å². The van der Waals surface area contributed by atoms with Crippen LogP contribution < -0.4 is 5.32 Å². The molecule has 0 radical (unpaired) electrons. The third-order valence-electron chi connectivity index (χ3n) is 4.01. The van der Waals surface area contributed by atoms with Crippen molar-refractivity contribution in [2.75, 3.05) is 27.2 Å². The summed E-state index contributed by atoms with van der Waals surface area (Å²) in [5.41, 5.74) is -0.440. The van der Waals surface area contributed by atoms with Crippen molar-refractivity contribution >= 4 is 6.09 Å². The van der Waals surface area contributed by atoms with Gasteiger partial charge in [0.25, 0.3) is 0 Å². The van der Waals surface area contributed by atoms with Gasteiger partial charge in [0.05, 0.1) is 6.10 Å². The molecule has 1 fully saturated rings. The molecule has 1 rings (SSSR count). The quantitative estimate of drug-likeness (QED) is 0.819. The molecule has 130 valence electrons. The van der Waals surface area contributed by atoms with Crippen molar-refractivity contribution < 1.29 is 14.3 Å². The van der Waals surface area contributed by atoms with E-state index in [2.05, 4.69) is 12.2 Å². The summed E-state index contributed by atoms with van der Waals surface area (Å²) in [6, 6.07) is 0.535. The van der Waals surface area contributed by atoms with Crippen molar-refractivity contribution in [3.05, 3.63) is 0 Å². The van der Waals surface area contributed by atoms with Crippen LogP contribution in [-0.4, -0.2) is 56.0 Å². The monoisotopic (exact) mass is 314 g/mol. The van der Waals surface area contributed by atoms with Gasteiger partial charge in [-0.05, 0) is 58.9 Å². The van der Waals surface area contributed by atoms with E-state index in [4.69, 9.17) is 9.47 Å². The second kappa shape index (κ2) is 8.73. The minimum Gasteiger partial charge on any atom is -0.444 e. The SMILES string of the molecule is COC1CCCC(NCC(C)CN(C)C(=O)OC(C)(C)C)C1. The van der Waals surface area contributed by atoms with Crippen LogP contribution in [0.3, 0.4) is 0 Å². The van der Waals surface area contributed by atoms with E-state index in [1.54, 1.807) is 19.1 Å². The Kier molecular flexibility index (Phi) is 7.63. The average molecular weight is 314 g/mol. The van der Waals surface area contributed by atoms with Crippen molar-refractivity contribution in [2.24, 2.45) is 5.92 Å². The molecule has 0 aromatic heterocycles. The second-order valence-electron chi connectivity index (χ2n) is 7.60. The first kappa shape index (κ1) is 19.2. The van der Waals surface area contributed by atoms with Gasteiger partial charge in [-0.1, -0.05) is 6.92 Å². The standard InChI is InChI=1S/C17H34N2O3/c1-13(12-19(5)16(20)22-17(2,3)4)11-18-14-8-7-9-15(10-14)21-6/h13-15,18H,7-12H2,1-6H3. The number of rotatable bonds is 6. The zero-order valence-corrected chi connectivity index (χ0v) is 15.1. The lowest BCUT2D eigenvalue weighted by Crippen LogP contribution is -2.42. The maximum absolute atomic E-state index is 11.9. The molecule has 0 saturated heterocycles. The molecular weight excluding hydrogens is 280 g/mol. The molecule has 1 aliphatic rings. The largest absolute Gasteiger partial charge is 0.444 e. The smallest absolute Gasteiger partial charge is 0.410 e. The Bertz CT molecular complexity index is 341. The minimum absolute atomic E-state index is 0.253. The Morgan fingerprint density at radius 1 is 1.36 bits per heavy atom. The molecule has 0 aliphatic heterocycles. The number of nitrogens with zero attached hydrogens (tertiary/aromatic N) is 1. The molecule has 3 unspecified atom stereocenters.